The van der Waals surface area contributed by atoms with E-state index in [1.54, 1.807) is 0 Å². The van der Waals surface area contributed by atoms with Crippen molar-refractivity contribution in [2.24, 2.45) is 5.73 Å². The molecule has 7 heteroatoms. The molecule has 0 heterocycles. The molecule has 1 amide bonds. The summed E-state index contributed by atoms with van der Waals surface area (Å²) in [4.78, 5) is 25.7. The van der Waals surface area contributed by atoms with E-state index in [9.17, 15) is 9.59 Å². The van der Waals surface area contributed by atoms with E-state index in [1.165, 1.54) is 0 Å². The fraction of sp³-hybridized carbons (Fsp3) is 0.286. The van der Waals surface area contributed by atoms with Crippen molar-refractivity contribution in [1.29, 1.82) is 0 Å². The Morgan fingerprint density at radius 1 is 0.971 bits per heavy atom. The van der Waals surface area contributed by atoms with Crippen molar-refractivity contribution in [3.05, 3.63) is 100 Å². The maximum absolute atomic E-state index is 13.1. The third kappa shape index (κ3) is 8.51. The highest BCUT2D eigenvalue weighted by Crippen LogP contribution is 2.18. The maximum Gasteiger partial charge on any atom is 0.237 e. The molecule has 35 heavy (non-hydrogen) atoms. The number of ketones is 1. The number of benzene rings is 3. The summed E-state index contributed by atoms with van der Waals surface area (Å²) in [5.41, 5.74) is 9.30. The lowest BCUT2D eigenvalue weighted by Gasteiger charge is -2.19. The largest absolute Gasteiger partial charge is 0.494 e. The average Bonchev–Trinajstić information content (AvgIpc) is 2.87. The monoisotopic (exact) mass is 493 g/mol. The van der Waals surface area contributed by atoms with Gasteiger partial charge in [0.05, 0.1) is 19.2 Å². The lowest BCUT2D eigenvalue weighted by atomic mass is 10.0. The van der Waals surface area contributed by atoms with E-state index >= 15 is 0 Å². The van der Waals surface area contributed by atoms with Crippen LogP contribution in [0.15, 0.2) is 72.8 Å². The van der Waals surface area contributed by atoms with Gasteiger partial charge in [-0.05, 0) is 53.8 Å². The number of halogens is 1. The minimum absolute atomic E-state index is 0.000407. The van der Waals surface area contributed by atoms with Crippen LogP contribution in [0, 0.1) is 0 Å². The molecule has 4 N–H and O–H groups in total. The topological polar surface area (TPSA) is 93.4 Å². The van der Waals surface area contributed by atoms with Crippen LogP contribution in [0.3, 0.4) is 0 Å². The molecule has 0 radical (unpaired) electrons. The van der Waals surface area contributed by atoms with Gasteiger partial charge < -0.3 is 15.8 Å². The van der Waals surface area contributed by atoms with Gasteiger partial charge in [-0.1, -0.05) is 66.2 Å². The fourth-order valence-electron chi connectivity index (χ4n) is 3.67. The van der Waals surface area contributed by atoms with Gasteiger partial charge in [0.1, 0.15) is 5.75 Å². The highest BCUT2D eigenvalue weighted by Gasteiger charge is 2.20. The molecular weight excluding hydrogens is 462 g/mol. The summed E-state index contributed by atoms with van der Waals surface area (Å²) in [5.74, 6) is 0.585. The van der Waals surface area contributed by atoms with Crippen molar-refractivity contribution in [1.82, 2.24) is 10.6 Å². The lowest BCUT2D eigenvalue weighted by Crippen LogP contribution is -2.47. The Bertz CT molecular complexity index is 1100. The normalized spacial score (nSPS) is 11.6. The Balaban J connectivity index is 1.60. The van der Waals surface area contributed by atoms with Gasteiger partial charge in [0.25, 0.3) is 0 Å². The molecule has 184 valence electrons. The molecular formula is C28H32ClN3O3. The summed E-state index contributed by atoms with van der Waals surface area (Å²) in [5, 5.41) is 6.66. The van der Waals surface area contributed by atoms with Crippen LogP contribution in [0.2, 0.25) is 5.02 Å². The van der Waals surface area contributed by atoms with Crippen molar-refractivity contribution in [3.8, 4) is 5.75 Å². The number of hydrogen-bond donors (Lipinski definition) is 3. The first-order valence-corrected chi connectivity index (χ1v) is 12.1. The van der Waals surface area contributed by atoms with Gasteiger partial charge in [-0.3, -0.25) is 14.9 Å². The smallest absolute Gasteiger partial charge is 0.237 e. The van der Waals surface area contributed by atoms with E-state index in [0.717, 1.165) is 28.0 Å². The highest BCUT2D eigenvalue weighted by molar-refractivity contribution is 6.31. The molecule has 0 unspecified atom stereocenters. The van der Waals surface area contributed by atoms with Crippen LogP contribution in [0.5, 0.6) is 5.75 Å². The Labute approximate surface area is 211 Å². The highest BCUT2D eigenvalue weighted by atomic mass is 35.5. The number of carbonyl (C=O) groups is 2. The molecule has 0 bridgehead atoms. The van der Waals surface area contributed by atoms with Gasteiger partial charge in [0.15, 0.2) is 5.78 Å². The number of nitrogens with two attached hydrogens (primary N) is 1. The van der Waals surface area contributed by atoms with Gasteiger partial charge in [-0.15, -0.1) is 0 Å². The van der Waals surface area contributed by atoms with Crippen LogP contribution >= 0.6 is 11.6 Å². The van der Waals surface area contributed by atoms with Crippen molar-refractivity contribution < 1.29 is 14.3 Å². The van der Waals surface area contributed by atoms with E-state index in [2.05, 4.69) is 10.6 Å². The second-order valence-corrected chi connectivity index (χ2v) is 8.67. The first-order valence-electron chi connectivity index (χ1n) is 11.7. The van der Waals surface area contributed by atoms with Crippen LogP contribution in [0.4, 0.5) is 0 Å². The molecule has 0 saturated heterocycles. The minimum atomic E-state index is -0.566. The van der Waals surface area contributed by atoms with E-state index in [0.29, 0.717) is 24.6 Å². The first kappa shape index (κ1) is 26.4. The molecule has 0 aliphatic rings. The third-order valence-electron chi connectivity index (χ3n) is 5.59. The standard InChI is InChI=1S/C28H32ClN3O3/c1-2-35-25-12-9-21(10-13-25)14-24(33)19-31-27(16-20-6-4-3-5-7-20)28(34)32-18-23-11-8-22(17-30)15-26(23)29/h3-13,15,27,31H,2,14,16-19,30H2,1H3,(H,32,34)/t27-/m0/s1. The number of rotatable bonds is 13. The Kier molecular flexibility index (Phi) is 10.3. The molecule has 3 aromatic carbocycles. The molecule has 3 rings (SSSR count). The van der Waals surface area contributed by atoms with Gasteiger partial charge in [-0.2, -0.15) is 0 Å². The predicted molar refractivity (Wildman–Crippen MR) is 139 cm³/mol. The summed E-state index contributed by atoms with van der Waals surface area (Å²) < 4.78 is 5.45. The summed E-state index contributed by atoms with van der Waals surface area (Å²) >= 11 is 6.33. The third-order valence-corrected chi connectivity index (χ3v) is 5.94. The zero-order valence-electron chi connectivity index (χ0n) is 19.9. The zero-order chi connectivity index (χ0) is 25.0. The molecule has 6 nitrogen and oxygen atoms in total. The lowest BCUT2D eigenvalue weighted by molar-refractivity contribution is -0.123. The van der Waals surface area contributed by atoms with Crippen LogP contribution in [0.25, 0.3) is 0 Å². The number of nitrogens with one attached hydrogen (secondary N) is 2. The average molecular weight is 494 g/mol. The van der Waals surface area contributed by atoms with Crippen LogP contribution in [-0.2, 0) is 35.5 Å². The van der Waals surface area contributed by atoms with Gasteiger partial charge in [0.2, 0.25) is 5.91 Å². The molecule has 0 spiro atoms. The fourth-order valence-corrected chi connectivity index (χ4v) is 3.94. The van der Waals surface area contributed by atoms with Gasteiger partial charge >= 0.3 is 0 Å². The van der Waals surface area contributed by atoms with Crippen LogP contribution in [0.1, 0.15) is 29.2 Å². The summed E-state index contributed by atoms with van der Waals surface area (Å²) in [7, 11) is 0. The number of amides is 1. The van der Waals surface area contributed by atoms with E-state index in [1.807, 2.05) is 79.7 Å². The molecule has 0 aliphatic heterocycles. The number of hydrogen-bond acceptors (Lipinski definition) is 5. The molecule has 0 aliphatic carbocycles. The van der Waals surface area contributed by atoms with E-state index in [4.69, 9.17) is 22.1 Å². The predicted octanol–water partition coefficient (Wildman–Crippen LogP) is 3.83. The Morgan fingerprint density at radius 2 is 1.69 bits per heavy atom. The van der Waals surface area contributed by atoms with Crippen molar-refractivity contribution in [3.63, 3.8) is 0 Å². The Hall–Kier alpha value is -3.19. The summed E-state index contributed by atoms with van der Waals surface area (Å²) in [6.07, 6.45) is 0.741. The molecule has 0 fully saturated rings. The molecule has 1 atom stereocenters. The Morgan fingerprint density at radius 3 is 2.34 bits per heavy atom. The number of ether oxygens (including phenoxy) is 1. The van der Waals surface area contributed by atoms with Crippen molar-refractivity contribution in [2.75, 3.05) is 13.2 Å². The second kappa shape index (κ2) is 13.6. The zero-order valence-corrected chi connectivity index (χ0v) is 20.7. The van der Waals surface area contributed by atoms with Crippen molar-refractivity contribution in [2.45, 2.75) is 38.9 Å². The SMILES string of the molecule is CCOc1ccc(CC(=O)CN[C@@H](Cc2ccccc2)C(=O)NCc2ccc(CN)cc2Cl)cc1. The summed E-state index contributed by atoms with van der Waals surface area (Å²) in [6.45, 7) is 3.30. The number of Topliss-reactive ketones (excluding diaryl/α,β-unsaturated/α-hetero) is 1. The van der Waals surface area contributed by atoms with Crippen LogP contribution < -0.4 is 21.1 Å². The van der Waals surface area contributed by atoms with E-state index < -0.39 is 6.04 Å². The molecule has 0 aromatic heterocycles. The maximum atomic E-state index is 13.1. The first-order chi connectivity index (χ1) is 17.0. The van der Waals surface area contributed by atoms with Crippen molar-refractivity contribution >= 4 is 23.3 Å². The van der Waals surface area contributed by atoms with E-state index in [-0.39, 0.29) is 31.2 Å². The minimum Gasteiger partial charge on any atom is -0.494 e. The van der Waals surface area contributed by atoms with Gasteiger partial charge in [-0.25, -0.2) is 0 Å². The molecule has 3 aromatic rings. The second-order valence-electron chi connectivity index (χ2n) is 8.26. The molecule has 0 saturated carbocycles. The summed E-state index contributed by atoms with van der Waals surface area (Å²) in [6, 6.07) is 22.2. The quantitative estimate of drug-likeness (QED) is 0.336. The van der Waals surface area contributed by atoms with Crippen LogP contribution in [-0.4, -0.2) is 30.9 Å². The van der Waals surface area contributed by atoms with Gasteiger partial charge in [0, 0.05) is 24.5 Å². The number of carbonyl (C=O) groups excluding carboxylic acids is 2.